The highest BCUT2D eigenvalue weighted by atomic mass is 14.2. The molecular formula is C40H48. The zero-order valence-electron chi connectivity index (χ0n) is 25.4. The Bertz CT molecular complexity index is 1130. The summed E-state index contributed by atoms with van der Waals surface area (Å²) in [6.45, 7) is 9.34. The molecular weight excluding hydrogens is 480 g/mol. The zero-order chi connectivity index (χ0) is 27.9. The summed E-state index contributed by atoms with van der Waals surface area (Å²) in [5.74, 6) is 0. The van der Waals surface area contributed by atoms with Gasteiger partial charge in [0.2, 0.25) is 0 Å². The summed E-state index contributed by atoms with van der Waals surface area (Å²) in [7, 11) is 0. The van der Waals surface area contributed by atoms with Gasteiger partial charge in [-0.2, -0.15) is 0 Å². The fourth-order valence-electron chi connectivity index (χ4n) is 7.18. The van der Waals surface area contributed by atoms with Gasteiger partial charge < -0.3 is 0 Å². The van der Waals surface area contributed by atoms with Crippen LogP contribution in [0.25, 0.3) is 0 Å². The third kappa shape index (κ3) is 6.12. The van der Waals surface area contributed by atoms with Crippen LogP contribution in [0.4, 0.5) is 0 Å². The second-order valence-corrected chi connectivity index (χ2v) is 11.9. The third-order valence-electron chi connectivity index (χ3n) is 9.00. The Morgan fingerprint density at radius 1 is 0.325 bits per heavy atom. The van der Waals surface area contributed by atoms with Crippen molar-refractivity contribution in [3.63, 3.8) is 0 Å². The van der Waals surface area contributed by atoms with Gasteiger partial charge in [0.25, 0.3) is 0 Å². The molecule has 0 radical (unpaired) electrons. The maximum atomic E-state index is 2.41. The average molecular weight is 529 g/mol. The Morgan fingerprint density at radius 3 is 0.650 bits per heavy atom. The number of benzene rings is 4. The minimum Gasteiger partial charge on any atom is -0.0651 e. The van der Waals surface area contributed by atoms with Gasteiger partial charge >= 0.3 is 0 Å². The molecule has 0 heterocycles. The highest BCUT2D eigenvalue weighted by Gasteiger charge is 2.18. The topological polar surface area (TPSA) is 0 Å². The van der Waals surface area contributed by atoms with Crippen molar-refractivity contribution >= 4 is 0 Å². The molecule has 8 bridgehead atoms. The lowest BCUT2D eigenvalue weighted by Gasteiger charge is -2.22. The van der Waals surface area contributed by atoms with Crippen molar-refractivity contribution in [3.05, 3.63) is 140 Å². The standard InChI is InChI=1S/C40H48/c1-5-13-37-29-17-9-18-30(37)26-32-20-11-22-34(39(32)15-7-3)28-36-24-12-23-35(40(36)16-8-4)27-33-21-10-19-31(25-29)38(33)14-6-2/h9-12,17-24H,5-8,13-16,25-28H2,1-4H3. The van der Waals surface area contributed by atoms with Gasteiger partial charge in [-0.1, -0.05) is 126 Å². The van der Waals surface area contributed by atoms with E-state index in [9.17, 15) is 0 Å². The van der Waals surface area contributed by atoms with E-state index in [-0.39, 0.29) is 0 Å². The molecule has 0 unspecified atom stereocenters. The van der Waals surface area contributed by atoms with Gasteiger partial charge in [0.05, 0.1) is 0 Å². The van der Waals surface area contributed by atoms with Crippen LogP contribution in [0.3, 0.4) is 0 Å². The maximum absolute atomic E-state index is 2.41. The van der Waals surface area contributed by atoms with Crippen molar-refractivity contribution < 1.29 is 0 Å². The van der Waals surface area contributed by atoms with Gasteiger partial charge in [0.15, 0.2) is 0 Å². The molecule has 0 heteroatoms. The highest BCUT2D eigenvalue weighted by Crippen LogP contribution is 2.31. The Morgan fingerprint density at radius 2 is 0.500 bits per heavy atom. The van der Waals surface area contributed by atoms with Crippen molar-refractivity contribution in [3.8, 4) is 0 Å². The van der Waals surface area contributed by atoms with Crippen LogP contribution in [-0.2, 0) is 51.4 Å². The van der Waals surface area contributed by atoms with Crippen molar-refractivity contribution in [2.75, 3.05) is 0 Å². The van der Waals surface area contributed by atoms with Gasteiger partial charge in [-0.05, 0) is 118 Å². The largest absolute Gasteiger partial charge is 0.0651 e. The van der Waals surface area contributed by atoms with E-state index in [2.05, 4.69) is 100 Å². The lowest BCUT2D eigenvalue weighted by atomic mass is 9.82. The molecule has 0 spiro atoms. The summed E-state index contributed by atoms with van der Waals surface area (Å²) < 4.78 is 0. The minimum absolute atomic E-state index is 1.04. The van der Waals surface area contributed by atoms with Crippen molar-refractivity contribution in [1.82, 2.24) is 0 Å². The van der Waals surface area contributed by atoms with Crippen LogP contribution in [0.5, 0.6) is 0 Å². The van der Waals surface area contributed by atoms with E-state index in [1.54, 1.807) is 22.3 Å². The predicted molar refractivity (Wildman–Crippen MR) is 173 cm³/mol. The molecule has 5 rings (SSSR count). The van der Waals surface area contributed by atoms with Crippen molar-refractivity contribution in [2.24, 2.45) is 0 Å². The summed E-state index contributed by atoms with van der Waals surface area (Å²) in [6.07, 6.45) is 13.5. The summed E-state index contributed by atoms with van der Waals surface area (Å²) in [5, 5.41) is 0. The van der Waals surface area contributed by atoms with E-state index in [1.165, 1.54) is 70.2 Å². The molecule has 208 valence electrons. The number of hydrogen-bond acceptors (Lipinski definition) is 0. The van der Waals surface area contributed by atoms with Crippen LogP contribution < -0.4 is 0 Å². The minimum atomic E-state index is 1.04. The third-order valence-corrected chi connectivity index (χ3v) is 9.00. The first-order valence-electron chi connectivity index (χ1n) is 16.0. The van der Waals surface area contributed by atoms with E-state index >= 15 is 0 Å². The van der Waals surface area contributed by atoms with E-state index in [1.807, 2.05) is 0 Å². The lowest BCUT2D eigenvalue weighted by Crippen LogP contribution is -2.10. The molecule has 0 nitrogen and oxygen atoms in total. The molecule has 0 saturated heterocycles. The van der Waals surface area contributed by atoms with E-state index in [0.717, 1.165) is 51.4 Å². The van der Waals surface area contributed by atoms with E-state index in [4.69, 9.17) is 0 Å². The van der Waals surface area contributed by atoms with Crippen LogP contribution in [-0.4, -0.2) is 0 Å². The van der Waals surface area contributed by atoms with Gasteiger partial charge in [-0.3, -0.25) is 0 Å². The number of fused-ring (bicyclic) bond motifs is 8. The fourth-order valence-corrected chi connectivity index (χ4v) is 7.18. The summed E-state index contributed by atoms with van der Waals surface area (Å²) in [5.41, 5.74) is 18.6. The summed E-state index contributed by atoms with van der Waals surface area (Å²) in [6, 6.07) is 28.6. The Hall–Kier alpha value is -3.12. The van der Waals surface area contributed by atoms with Crippen molar-refractivity contribution in [2.45, 2.75) is 105 Å². The molecule has 0 saturated carbocycles. The molecule has 40 heavy (non-hydrogen) atoms. The average Bonchev–Trinajstić information content (AvgIpc) is 2.95. The zero-order valence-corrected chi connectivity index (χ0v) is 25.4. The van der Waals surface area contributed by atoms with Crippen LogP contribution in [0.2, 0.25) is 0 Å². The summed E-state index contributed by atoms with van der Waals surface area (Å²) >= 11 is 0. The molecule has 0 aromatic heterocycles. The van der Waals surface area contributed by atoms with Gasteiger partial charge in [0, 0.05) is 0 Å². The molecule has 4 aromatic carbocycles. The van der Waals surface area contributed by atoms with E-state index < -0.39 is 0 Å². The molecule has 0 N–H and O–H groups in total. The van der Waals surface area contributed by atoms with Crippen LogP contribution in [0.1, 0.15) is 120 Å². The molecule has 4 aromatic rings. The predicted octanol–water partition coefficient (Wildman–Crippen LogP) is 10.2. The maximum Gasteiger partial charge on any atom is -0.00201 e. The number of rotatable bonds is 8. The van der Waals surface area contributed by atoms with Crippen LogP contribution >= 0.6 is 0 Å². The molecule has 0 fully saturated rings. The summed E-state index contributed by atoms with van der Waals surface area (Å²) in [4.78, 5) is 0. The molecule has 1 aliphatic rings. The number of hydrogen-bond donors (Lipinski definition) is 0. The van der Waals surface area contributed by atoms with Crippen LogP contribution in [0.15, 0.2) is 72.8 Å². The molecule has 1 aliphatic carbocycles. The molecule has 0 amide bonds. The van der Waals surface area contributed by atoms with E-state index in [0.29, 0.717) is 0 Å². The van der Waals surface area contributed by atoms with Gasteiger partial charge in [-0.15, -0.1) is 0 Å². The normalized spacial score (nSPS) is 12.9. The first-order valence-corrected chi connectivity index (χ1v) is 16.0. The van der Waals surface area contributed by atoms with Crippen molar-refractivity contribution in [1.29, 1.82) is 0 Å². The SMILES string of the molecule is CCCc1c2cccc1Cc1cccc(c1CCC)Cc1cccc(c1CCC)Cc1cccc(c1CCC)C2. The Balaban J connectivity index is 1.76. The second-order valence-electron chi connectivity index (χ2n) is 11.9. The first kappa shape index (κ1) is 28.4. The highest BCUT2D eigenvalue weighted by molar-refractivity contribution is 5.50. The lowest BCUT2D eigenvalue weighted by molar-refractivity contribution is 0.849. The smallest absolute Gasteiger partial charge is 0.00201 e. The second kappa shape index (κ2) is 13.5. The van der Waals surface area contributed by atoms with Gasteiger partial charge in [0.1, 0.15) is 0 Å². The Labute approximate surface area is 243 Å². The Kier molecular flexibility index (Phi) is 9.58. The molecule has 0 atom stereocenters. The van der Waals surface area contributed by atoms with Crippen LogP contribution in [0, 0.1) is 0 Å². The van der Waals surface area contributed by atoms with Gasteiger partial charge in [-0.25, -0.2) is 0 Å². The quantitative estimate of drug-likeness (QED) is 0.188. The monoisotopic (exact) mass is 528 g/mol. The fraction of sp³-hybridized carbons (Fsp3) is 0.400. The molecule has 0 aliphatic heterocycles. The first-order chi connectivity index (χ1) is 19.7.